The first-order chi connectivity index (χ1) is 6.49. The van der Waals surface area contributed by atoms with Crippen molar-refractivity contribution in [2.75, 3.05) is 0 Å². The second kappa shape index (κ2) is 2.83. The maximum atomic E-state index is 10.2. The van der Waals surface area contributed by atoms with Crippen LogP contribution < -0.4 is 0 Å². The van der Waals surface area contributed by atoms with Gasteiger partial charge in [-0.3, -0.25) is 0 Å². The topological polar surface area (TPSA) is 20.2 Å². The fourth-order valence-corrected chi connectivity index (χ4v) is 2.58. The van der Waals surface area contributed by atoms with E-state index in [1.807, 2.05) is 0 Å². The molecule has 0 aromatic carbocycles. The van der Waals surface area contributed by atoms with Crippen LogP contribution >= 0.6 is 0 Å². The lowest BCUT2D eigenvalue weighted by atomic mass is 9.67. The minimum absolute atomic E-state index is 0.208. The molecule has 2 aliphatic carbocycles. The maximum absolute atomic E-state index is 10.2. The van der Waals surface area contributed by atoms with E-state index in [1.165, 1.54) is 11.1 Å². The van der Waals surface area contributed by atoms with Crippen LogP contribution in [0.15, 0.2) is 36.0 Å². The molecule has 0 radical (unpaired) electrons. The van der Waals surface area contributed by atoms with E-state index in [1.54, 1.807) is 6.08 Å². The van der Waals surface area contributed by atoms with Gasteiger partial charge in [-0.2, -0.15) is 0 Å². The number of rotatable bonds is 1. The zero-order chi connectivity index (χ0) is 10.4. The fourth-order valence-electron chi connectivity index (χ4n) is 2.58. The van der Waals surface area contributed by atoms with Crippen molar-refractivity contribution < 1.29 is 5.11 Å². The molecular formula is C13H18O. The zero-order valence-electron chi connectivity index (χ0n) is 9.01. The summed E-state index contributed by atoms with van der Waals surface area (Å²) in [4.78, 5) is 0. The minimum Gasteiger partial charge on any atom is -0.385 e. The maximum Gasteiger partial charge on any atom is 0.0863 e. The Bertz CT molecular complexity index is 337. The zero-order valence-corrected chi connectivity index (χ0v) is 9.01. The Morgan fingerprint density at radius 2 is 2.21 bits per heavy atom. The first kappa shape index (κ1) is 9.72. The molecule has 1 N–H and O–H groups in total. The third kappa shape index (κ3) is 1.27. The average molecular weight is 190 g/mol. The van der Waals surface area contributed by atoms with Gasteiger partial charge < -0.3 is 5.11 Å². The van der Waals surface area contributed by atoms with Gasteiger partial charge in [0.1, 0.15) is 0 Å². The summed E-state index contributed by atoms with van der Waals surface area (Å²) in [6.45, 7) is 8.12. The first-order valence-corrected chi connectivity index (χ1v) is 5.25. The molecule has 2 aliphatic rings. The summed E-state index contributed by atoms with van der Waals surface area (Å²) in [6.07, 6.45) is 8.77. The van der Waals surface area contributed by atoms with Gasteiger partial charge in [0.2, 0.25) is 0 Å². The molecule has 0 bridgehead atoms. The number of allylic oxidation sites excluding steroid dienone is 3. The van der Waals surface area contributed by atoms with Gasteiger partial charge in [-0.05, 0) is 19.8 Å². The summed E-state index contributed by atoms with van der Waals surface area (Å²) in [5, 5.41) is 10.2. The lowest BCUT2D eigenvalue weighted by molar-refractivity contribution is 0.0504. The molecule has 0 amide bonds. The molecule has 1 heteroatoms. The highest BCUT2D eigenvalue weighted by Gasteiger charge is 2.41. The van der Waals surface area contributed by atoms with Crippen molar-refractivity contribution in [2.24, 2.45) is 5.41 Å². The Labute approximate surface area is 85.8 Å². The summed E-state index contributed by atoms with van der Waals surface area (Å²) in [6, 6.07) is 0. The largest absolute Gasteiger partial charge is 0.385 e. The molecule has 0 aromatic rings. The molecule has 1 fully saturated rings. The summed E-state index contributed by atoms with van der Waals surface area (Å²) in [5.41, 5.74) is 2.26. The third-order valence-corrected chi connectivity index (χ3v) is 3.81. The van der Waals surface area contributed by atoms with Gasteiger partial charge in [0, 0.05) is 11.8 Å². The molecule has 2 atom stereocenters. The average Bonchev–Trinajstić information content (AvgIpc) is 2.45. The van der Waals surface area contributed by atoms with E-state index in [0.29, 0.717) is 0 Å². The molecule has 0 saturated heterocycles. The molecule has 76 valence electrons. The van der Waals surface area contributed by atoms with Gasteiger partial charge in [-0.1, -0.05) is 36.3 Å². The van der Waals surface area contributed by atoms with Crippen LogP contribution in [0, 0.1) is 5.41 Å². The lowest BCUT2D eigenvalue weighted by Gasteiger charge is -2.40. The Hall–Kier alpha value is -0.820. The van der Waals surface area contributed by atoms with E-state index in [9.17, 15) is 5.11 Å². The van der Waals surface area contributed by atoms with Crippen LogP contribution in [0.3, 0.4) is 0 Å². The number of hydrogen-bond donors (Lipinski definition) is 1. The predicted octanol–water partition coefficient (Wildman–Crippen LogP) is 2.98. The Balaban J connectivity index is 2.34. The molecule has 14 heavy (non-hydrogen) atoms. The third-order valence-electron chi connectivity index (χ3n) is 3.81. The molecule has 0 heterocycles. The van der Waals surface area contributed by atoms with Crippen molar-refractivity contribution in [1.29, 1.82) is 0 Å². The van der Waals surface area contributed by atoms with E-state index in [2.05, 4.69) is 32.6 Å². The smallest absolute Gasteiger partial charge is 0.0863 e. The van der Waals surface area contributed by atoms with Gasteiger partial charge >= 0.3 is 0 Å². The molecule has 0 aromatic heterocycles. The SMILES string of the molecule is C=C[C@]1(O)CC[C@@]2(C)C=CC(C)=C2C1. The molecule has 0 unspecified atom stereocenters. The van der Waals surface area contributed by atoms with Crippen LogP contribution in [0.4, 0.5) is 0 Å². The molecule has 2 rings (SSSR count). The second-order valence-corrected chi connectivity index (χ2v) is 4.90. The number of aliphatic hydroxyl groups is 1. The van der Waals surface area contributed by atoms with E-state index in [-0.39, 0.29) is 5.41 Å². The van der Waals surface area contributed by atoms with Crippen molar-refractivity contribution in [1.82, 2.24) is 0 Å². The van der Waals surface area contributed by atoms with Crippen LogP contribution in [-0.2, 0) is 0 Å². The van der Waals surface area contributed by atoms with Gasteiger partial charge in [0.05, 0.1) is 5.60 Å². The Morgan fingerprint density at radius 1 is 1.50 bits per heavy atom. The molecule has 1 nitrogen and oxygen atoms in total. The van der Waals surface area contributed by atoms with Crippen LogP contribution in [-0.4, -0.2) is 10.7 Å². The summed E-state index contributed by atoms with van der Waals surface area (Å²) < 4.78 is 0. The van der Waals surface area contributed by atoms with Crippen molar-refractivity contribution >= 4 is 0 Å². The highest BCUT2D eigenvalue weighted by Crippen LogP contribution is 2.50. The first-order valence-electron chi connectivity index (χ1n) is 5.25. The number of hydrogen-bond acceptors (Lipinski definition) is 1. The monoisotopic (exact) mass is 190 g/mol. The molecule has 0 aliphatic heterocycles. The standard InChI is InChI=1S/C13H18O/c1-4-13(14)8-7-12(3)6-5-10(2)11(12)9-13/h4-6,14H,1,7-9H2,2-3H3/t12-,13+/m1/s1. The Kier molecular flexibility index (Phi) is 1.97. The highest BCUT2D eigenvalue weighted by molar-refractivity contribution is 5.42. The van der Waals surface area contributed by atoms with Crippen LogP contribution in [0.5, 0.6) is 0 Å². The Morgan fingerprint density at radius 3 is 2.86 bits per heavy atom. The normalized spacial score (nSPS) is 41.4. The summed E-state index contributed by atoms with van der Waals surface area (Å²) >= 11 is 0. The van der Waals surface area contributed by atoms with Crippen molar-refractivity contribution in [3.63, 3.8) is 0 Å². The van der Waals surface area contributed by atoms with E-state index >= 15 is 0 Å². The van der Waals surface area contributed by atoms with Gasteiger partial charge in [-0.15, -0.1) is 6.58 Å². The van der Waals surface area contributed by atoms with Crippen molar-refractivity contribution in [3.8, 4) is 0 Å². The van der Waals surface area contributed by atoms with E-state index < -0.39 is 5.60 Å². The van der Waals surface area contributed by atoms with Crippen LogP contribution in [0.25, 0.3) is 0 Å². The minimum atomic E-state index is -0.665. The highest BCUT2D eigenvalue weighted by atomic mass is 16.3. The summed E-state index contributed by atoms with van der Waals surface area (Å²) in [7, 11) is 0. The van der Waals surface area contributed by atoms with Crippen LogP contribution in [0.2, 0.25) is 0 Å². The van der Waals surface area contributed by atoms with Gasteiger partial charge in [-0.25, -0.2) is 0 Å². The van der Waals surface area contributed by atoms with Crippen molar-refractivity contribution in [3.05, 3.63) is 36.0 Å². The van der Waals surface area contributed by atoms with Crippen LogP contribution in [0.1, 0.15) is 33.1 Å². The van der Waals surface area contributed by atoms with E-state index in [0.717, 1.165) is 19.3 Å². The summed E-state index contributed by atoms with van der Waals surface area (Å²) in [5.74, 6) is 0. The quantitative estimate of drug-likeness (QED) is 0.630. The number of fused-ring (bicyclic) bond motifs is 1. The lowest BCUT2D eigenvalue weighted by Crippen LogP contribution is -2.36. The molecular weight excluding hydrogens is 172 g/mol. The fraction of sp³-hybridized carbons (Fsp3) is 0.538. The second-order valence-electron chi connectivity index (χ2n) is 4.90. The van der Waals surface area contributed by atoms with Gasteiger partial charge in [0.15, 0.2) is 0 Å². The van der Waals surface area contributed by atoms with E-state index in [4.69, 9.17) is 0 Å². The molecule has 1 saturated carbocycles. The van der Waals surface area contributed by atoms with Crippen molar-refractivity contribution in [2.45, 2.75) is 38.7 Å². The predicted molar refractivity (Wildman–Crippen MR) is 58.9 cm³/mol. The van der Waals surface area contributed by atoms with Gasteiger partial charge in [0.25, 0.3) is 0 Å². The molecule has 0 spiro atoms.